The zero-order valence-corrected chi connectivity index (χ0v) is 13.8. The number of ether oxygens (including phenoxy) is 1. The first-order valence-electron chi connectivity index (χ1n) is 6.54. The Hall–Kier alpha value is -1.89. The molecule has 21 heavy (non-hydrogen) atoms. The van der Waals surface area contributed by atoms with Crippen molar-refractivity contribution in [3.05, 3.63) is 39.9 Å². The van der Waals surface area contributed by atoms with Crippen molar-refractivity contribution in [3.63, 3.8) is 0 Å². The van der Waals surface area contributed by atoms with Crippen LogP contribution in [0.25, 0.3) is 0 Å². The Kier molecular flexibility index (Phi) is 4.95. The van der Waals surface area contributed by atoms with Crippen molar-refractivity contribution in [3.8, 4) is 5.75 Å². The fourth-order valence-corrected chi connectivity index (χ4v) is 2.33. The Balaban J connectivity index is 2.15. The summed E-state index contributed by atoms with van der Waals surface area (Å²) >= 11 is 3.42. The minimum absolute atomic E-state index is 0.184. The van der Waals surface area contributed by atoms with Gasteiger partial charge in [-0.1, -0.05) is 22.9 Å². The van der Waals surface area contributed by atoms with Gasteiger partial charge < -0.3 is 9.64 Å². The van der Waals surface area contributed by atoms with Crippen molar-refractivity contribution < 1.29 is 9.53 Å². The number of rotatable bonds is 5. The first-order chi connectivity index (χ1) is 10.0. The van der Waals surface area contributed by atoms with E-state index < -0.39 is 0 Å². The molecule has 0 fully saturated rings. The van der Waals surface area contributed by atoms with E-state index >= 15 is 0 Å². The average molecular weight is 353 g/mol. The summed E-state index contributed by atoms with van der Waals surface area (Å²) in [5.41, 5.74) is 0.911. The highest BCUT2D eigenvalue weighted by molar-refractivity contribution is 9.10. The molecule has 1 amide bonds. The van der Waals surface area contributed by atoms with Crippen LogP contribution in [0, 0.1) is 0 Å². The van der Waals surface area contributed by atoms with Gasteiger partial charge in [-0.3, -0.25) is 9.89 Å². The normalized spacial score (nSPS) is 10.5. The minimum atomic E-state index is -0.229. The number of aromatic amines is 1. The molecular formula is C14H17BrN4O2. The molecule has 0 aliphatic carbocycles. The summed E-state index contributed by atoms with van der Waals surface area (Å²) in [6.07, 6.45) is 0.712. The van der Waals surface area contributed by atoms with E-state index in [1.807, 2.05) is 25.1 Å². The van der Waals surface area contributed by atoms with Crippen LogP contribution in [0.5, 0.6) is 5.75 Å². The molecule has 0 bridgehead atoms. The summed E-state index contributed by atoms with van der Waals surface area (Å²) in [5, 5.41) is 6.69. The summed E-state index contributed by atoms with van der Waals surface area (Å²) in [6, 6.07) is 5.69. The maximum atomic E-state index is 12.3. The van der Waals surface area contributed by atoms with Crippen LogP contribution < -0.4 is 4.74 Å². The van der Waals surface area contributed by atoms with Crippen molar-refractivity contribution in [2.24, 2.45) is 0 Å². The van der Waals surface area contributed by atoms with Crippen molar-refractivity contribution in [1.82, 2.24) is 20.1 Å². The number of aromatic nitrogens is 3. The number of carbonyl (C=O) groups is 1. The maximum absolute atomic E-state index is 12.3. The van der Waals surface area contributed by atoms with E-state index in [-0.39, 0.29) is 11.7 Å². The molecule has 0 aliphatic heterocycles. The van der Waals surface area contributed by atoms with Gasteiger partial charge in [0.2, 0.25) is 5.82 Å². The molecule has 2 rings (SSSR count). The van der Waals surface area contributed by atoms with Gasteiger partial charge in [-0.15, -0.1) is 5.10 Å². The number of nitrogens with one attached hydrogen (secondary N) is 1. The number of hydrogen-bond donors (Lipinski definition) is 1. The number of carbonyl (C=O) groups excluding carboxylic acids is 1. The van der Waals surface area contributed by atoms with E-state index in [0.29, 0.717) is 18.8 Å². The van der Waals surface area contributed by atoms with Crippen LogP contribution in [-0.4, -0.2) is 40.1 Å². The molecule has 7 heteroatoms. The van der Waals surface area contributed by atoms with E-state index in [0.717, 1.165) is 15.8 Å². The van der Waals surface area contributed by atoms with Crippen LogP contribution in [0.2, 0.25) is 0 Å². The smallest absolute Gasteiger partial charge is 0.293 e. The number of benzene rings is 1. The minimum Gasteiger partial charge on any atom is -0.496 e. The van der Waals surface area contributed by atoms with E-state index in [4.69, 9.17) is 4.74 Å². The first-order valence-corrected chi connectivity index (χ1v) is 7.33. The molecule has 0 unspecified atom stereocenters. The Labute approximate surface area is 131 Å². The number of amides is 1. The van der Waals surface area contributed by atoms with Crippen molar-refractivity contribution >= 4 is 21.8 Å². The number of aryl methyl sites for hydroxylation is 1. The standard InChI is InChI=1S/C14H17BrN4O2/c1-4-12-16-13(18-17-12)14(20)19(2)8-9-7-10(15)5-6-11(9)21-3/h5-7H,4,8H2,1-3H3,(H,16,17,18). The quantitative estimate of drug-likeness (QED) is 0.896. The lowest BCUT2D eigenvalue weighted by molar-refractivity contribution is 0.0772. The molecule has 0 atom stereocenters. The fourth-order valence-electron chi connectivity index (χ4n) is 1.92. The van der Waals surface area contributed by atoms with Gasteiger partial charge in [-0.25, -0.2) is 4.98 Å². The first kappa shape index (κ1) is 15.5. The van der Waals surface area contributed by atoms with Gasteiger partial charge in [-0.05, 0) is 18.2 Å². The molecule has 1 N–H and O–H groups in total. The Morgan fingerprint density at radius 2 is 2.24 bits per heavy atom. The highest BCUT2D eigenvalue weighted by Crippen LogP contribution is 2.24. The lowest BCUT2D eigenvalue weighted by Crippen LogP contribution is -2.27. The molecule has 112 valence electrons. The van der Waals surface area contributed by atoms with Crippen LogP contribution in [0.4, 0.5) is 0 Å². The van der Waals surface area contributed by atoms with Gasteiger partial charge in [0.25, 0.3) is 5.91 Å². The summed E-state index contributed by atoms with van der Waals surface area (Å²) in [7, 11) is 3.32. The zero-order valence-electron chi connectivity index (χ0n) is 12.2. The highest BCUT2D eigenvalue weighted by atomic mass is 79.9. The molecule has 1 aromatic heterocycles. The molecule has 0 saturated heterocycles. The Bertz CT molecular complexity index is 642. The fraction of sp³-hybridized carbons (Fsp3) is 0.357. The van der Waals surface area contributed by atoms with Crippen LogP contribution in [0.1, 0.15) is 28.9 Å². The zero-order chi connectivity index (χ0) is 15.4. The number of hydrogen-bond acceptors (Lipinski definition) is 4. The second kappa shape index (κ2) is 6.71. The molecule has 0 spiro atoms. The molecular weight excluding hydrogens is 336 g/mol. The summed E-state index contributed by atoms with van der Waals surface area (Å²) < 4.78 is 6.25. The molecule has 1 aromatic carbocycles. The van der Waals surface area contributed by atoms with Crippen LogP contribution in [-0.2, 0) is 13.0 Å². The Morgan fingerprint density at radius 3 is 2.86 bits per heavy atom. The summed E-state index contributed by atoms with van der Waals surface area (Å²) in [6.45, 7) is 2.36. The summed E-state index contributed by atoms with van der Waals surface area (Å²) in [4.78, 5) is 18.0. The van der Waals surface area contributed by atoms with Crippen LogP contribution in [0.15, 0.2) is 22.7 Å². The maximum Gasteiger partial charge on any atom is 0.293 e. The molecule has 6 nitrogen and oxygen atoms in total. The van der Waals surface area contributed by atoms with Gasteiger partial charge in [0.05, 0.1) is 7.11 Å². The van der Waals surface area contributed by atoms with Gasteiger partial charge >= 0.3 is 0 Å². The number of nitrogens with zero attached hydrogens (tertiary/aromatic N) is 3. The number of halogens is 1. The van der Waals surface area contributed by atoms with E-state index in [1.165, 1.54) is 0 Å². The SMILES string of the molecule is CCc1nc(C(=O)N(C)Cc2cc(Br)ccc2OC)n[nH]1. The van der Waals surface area contributed by atoms with Crippen molar-refractivity contribution in [2.45, 2.75) is 19.9 Å². The number of H-pyrrole nitrogens is 1. The van der Waals surface area contributed by atoms with Gasteiger partial charge in [0.15, 0.2) is 0 Å². The molecule has 0 radical (unpaired) electrons. The topological polar surface area (TPSA) is 71.1 Å². The lowest BCUT2D eigenvalue weighted by Gasteiger charge is -2.17. The summed E-state index contributed by atoms with van der Waals surface area (Å²) in [5.74, 6) is 1.39. The average Bonchev–Trinajstić information content (AvgIpc) is 2.95. The van der Waals surface area contributed by atoms with E-state index in [9.17, 15) is 4.79 Å². The predicted octanol–water partition coefficient (Wildman–Crippen LogP) is 2.41. The van der Waals surface area contributed by atoms with Gasteiger partial charge in [0, 0.05) is 30.0 Å². The van der Waals surface area contributed by atoms with Gasteiger partial charge in [0.1, 0.15) is 11.6 Å². The third kappa shape index (κ3) is 3.60. The Morgan fingerprint density at radius 1 is 1.48 bits per heavy atom. The van der Waals surface area contributed by atoms with Crippen LogP contribution in [0.3, 0.4) is 0 Å². The second-order valence-electron chi connectivity index (χ2n) is 4.58. The largest absolute Gasteiger partial charge is 0.496 e. The third-order valence-electron chi connectivity index (χ3n) is 3.05. The molecule has 0 saturated carbocycles. The number of methoxy groups -OCH3 is 1. The van der Waals surface area contributed by atoms with Crippen molar-refractivity contribution in [2.75, 3.05) is 14.2 Å². The predicted molar refractivity (Wildman–Crippen MR) is 82.3 cm³/mol. The highest BCUT2D eigenvalue weighted by Gasteiger charge is 2.18. The second-order valence-corrected chi connectivity index (χ2v) is 5.49. The molecule has 1 heterocycles. The van der Waals surface area contributed by atoms with Crippen molar-refractivity contribution in [1.29, 1.82) is 0 Å². The molecule has 2 aromatic rings. The van der Waals surface area contributed by atoms with E-state index in [1.54, 1.807) is 19.1 Å². The van der Waals surface area contributed by atoms with E-state index in [2.05, 4.69) is 31.1 Å². The molecule has 0 aliphatic rings. The third-order valence-corrected chi connectivity index (χ3v) is 3.55. The monoisotopic (exact) mass is 352 g/mol. The van der Waals surface area contributed by atoms with Crippen LogP contribution >= 0.6 is 15.9 Å². The lowest BCUT2D eigenvalue weighted by atomic mass is 10.2. The van der Waals surface area contributed by atoms with Gasteiger partial charge in [-0.2, -0.15) is 0 Å².